The molecule has 0 unspecified atom stereocenters. The van der Waals surface area contributed by atoms with Gasteiger partial charge in [0.1, 0.15) is 0 Å². The summed E-state index contributed by atoms with van der Waals surface area (Å²) in [5.74, 6) is 0.812. The number of thioether (sulfide) groups is 1. The van der Waals surface area contributed by atoms with Crippen LogP contribution in [0.4, 0.5) is 0 Å². The Balaban J connectivity index is 1.83. The fourth-order valence-corrected chi connectivity index (χ4v) is 3.50. The smallest absolute Gasteiger partial charge is 0.221 e. The van der Waals surface area contributed by atoms with Crippen molar-refractivity contribution in [3.05, 3.63) is 36.9 Å². The summed E-state index contributed by atoms with van der Waals surface area (Å²) in [5.41, 5.74) is 1.03. The Hall–Kier alpha value is -1.33. The lowest BCUT2D eigenvalue weighted by Gasteiger charge is -2.00. The first-order valence-corrected chi connectivity index (χ1v) is 7.46. The fraction of sp³-hybridized carbons (Fsp3) is 0.231. The van der Waals surface area contributed by atoms with Crippen molar-refractivity contribution < 1.29 is 4.79 Å². The molecule has 0 radical (unpaired) electrons. The number of nitrogens with zero attached hydrogens (tertiary/aromatic N) is 1. The zero-order valence-electron chi connectivity index (χ0n) is 9.89. The molecule has 0 bridgehead atoms. The number of thiazole rings is 1. The van der Waals surface area contributed by atoms with Crippen molar-refractivity contribution in [1.29, 1.82) is 0 Å². The first kappa shape index (κ1) is 13.1. The van der Waals surface area contributed by atoms with E-state index in [-0.39, 0.29) is 5.91 Å². The Labute approximate surface area is 114 Å². The highest BCUT2D eigenvalue weighted by atomic mass is 32.2. The maximum atomic E-state index is 11.4. The molecule has 0 saturated carbocycles. The third-order valence-electron chi connectivity index (χ3n) is 2.27. The van der Waals surface area contributed by atoms with Crippen LogP contribution < -0.4 is 5.32 Å². The number of aromatic nitrogens is 1. The second-order valence-electron chi connectivity index (χ2n) is 3.64. The first-order chi connectivity index (χ1) is 8.79. The van der Waals surface area contributed by atoms with E-state index in [0.29, 0.717) is 13.0 Å². The summed E-state index contributed by atoms with van der Waals surface area (Å²) in [6.45, 7) is 4.09. The van der Waals surface area contributed by atoms with Crippen LogP contribution in [-0.4, -0.2) is 23.2 Å². The molecule has 94 valence electrons. The van der Waals surface area contributed by atoms with E-state index < -0.39 is 0 Å². The number of hydrogen-bond acceptors (Lipinski definition) is 4. The van der Waals surface area contributed by atoms with Crippen molar-refractivity contribution in [2.24, 2.45) is 0 Å². The van der Waals surface area contributed by atoms with E-state index in [0.717, 1.165) is 15.6 Å². The number of benzene rings is 1. The lowest BCUT2D eigenvalue weighted by atomic mass is 10.3. The molecule has 3 nitrogen and oxygen atoms in total. The summed E-state index contributed by atoms with van der Waals surface area (Å²) in [6, 6.07) is 8.07. The summed E-state index contributed by atoms with van der Waals surface area (Å²) in [5, 5.41) is 2.76. The molecular weight excluding hydrogens is 264 g/mol. The molecule has 5 heteroatoms. The van der Waals surface area contributed by atoms with Gasteiger partial charge in [0, 0.05) is 18.7 Å². The summed E-state index contributed by atoms with van der Waals surface area (Å²) in [7, 11) is 0. The highest BCUT2D eigenvalue weighted by molar-refractivity contribution is 8.01. The number of para-hydroxylation sites is 1. The number of amides is 1. The molecule has 0 fully saturated rings. The molecule has 1 aromatic carbocycles. The maximum Gasteiger partial charge on any atom is 0.221 e. The van der Waals surface area contributed by atoms with Gasteiger partial charge in [-0.05, 0) is 12.1 Å². The molecule has 0 atom stereocenters. The van der Waals surface area contributed by atoms with Crippen molar-refractivity contribution in [3.63, 3.8) is 0 Å². The number of carbonyl (C=O) groups is 1. The van der Waals surface area contributed by atoms with E-state index >= 15 is 0 Å². The summed E-state index contributed by atoms with van der Waals surface area (Å²) >= 11 is 3.30. The van der Waals surface area contributed by atoms with Gasteiger partial charge < -0.3 is 5.32 Å². The van der Waals surface area contributed by atoms with E-state index in [9.17, 15) is 4.79 Å². The zero-order valence-corrected chi connectivity index (χ0v) is 11.5. The quantitative estimate of drug-likeness (QED) is 0.652. The second-order valence-corrected chi connectivity index (χ2v) is 6.01. The molecule has 0 spiro atoms. The van der Waals surface area contributed by atoms with Crippen LogP contribution in [0.25, 0.3) is 10.2 Å². The van der Waals surface area contributed by atoms with Crippen LogP contribution in [-0.2, 0) is 4.79 Å². The maximum absolute atomic E-state index is 11.4. The topological polar surface area (TPSA) is 42.0 Å². The average molecular weight is 278 g/mol. The Morgan fingerprint density at radius 1 is 1.50 bits per heavy atom. The van der Waals surface area contributed by atoms with Gasteiger partial charge in [0.2, 0.25) is 5.91 Å². The highest BCUT2D eigenvalue weighted by Gasteiger charge is 2.05. The van der Waals surface area contributed by atoms with E-state index in [1.54, 1.807) is 29.2 Å². The molecule has 18 heavy (non-hydrogen) atoms. The number of hydrogen-bond donors (Lipinski definition) is 1. The number of rotatable bonds is 6. The molecule has 1 aromatic heterocycles. The largest absolute Gasteiger partial charge is 0.353 e. The van der Waals surface area contributed by atoms with E-state index in [4.69, 9.17) is 0 Å². The Morgan fingerprint density at radius 2 is 2.33 bits per heavy atom. The molecule has 0 aliphatic carbocycles. The van der Waals surface area contributed by atoms with Crippen molar-refractivity contribution >= 4 is 39.2 Å². The fourth-order valence-electron chi connectivity index (χ4n) is 1.42. The van der Waals surface area contributed by atoms with Gasteiger partial charge in [0.05, 0.1) is 10.2 Å². The molecular formula is C13H14N2OS2. The SMILES string of the molecule is C=CCNC(=O)CCSc1nc2ccccc2s1. The molecule has 0 aliphatic rings. The molecule has 0 aliphatic heterocycles. The lowest BCUT2D eigenvalue weighted by Crippen LogP contribution is -2.23. The van der Waals surface area contributed by atoms with Gasteiger partial charge in [-0.15, -0.1) is 17.9 Å². The van der Waals surface area contributed by atoms with Crippen LogP contribution in [0.3, 0.4) is 0 Å². The first-order valence-electron chi connectivity index (χ1n) is 5.65. The molecule has 1 N–H and O–H groups in total. The molecule has 2 rings (SSSR count). The van der Waals surface area contributed by atoms with Gasteiger partial charge in [0.25, 0.3) is 0 Å². The van der Waals surface area contributed by atoms with Crippen LogP contribution in [0, 0.1) is 0 Å². The third kappa shape index (κ3) is 3.58. The molecule has 2 aromatic rings. The molecule has 0 saturated heterocycles. The van der Waals surface area contributed by atoms with Gasteiger partial charge >= 0.3 is 0 Å². The summed E-state index contributed by atoms with van der Waals surface area (Å²) < 4.78 is 2.21. The highest BCUT2D eigenvalue weighted by Crippen LogP contribution is 2.29. The van der Waals surface area contributed by atoms with E-state index in [1.165, 1.54) is 4.70 Å². The normalized spacial score (nSPS) is 10.4. The second kappa shape index (κ2) is 6.56. The van der Waals surface area contributed by atoms with Crippen molar-refractivity contribution in [1.82, 2.24) is 10.3 Å². The predicted octanol–water partition coefficient (Wildman–Crippen LogP) is 3.08. The molecule has 1 amide bonds. The minimum atomic E-state index is 0.0588. The Morgan fingerprint density at radius 3 is 3.11 bits per heavy atom. The van der Waals surface area contributed by atoms with Crippen LogP contribution >= 0.6 is 23.1 Å². The standard InChI is InChI=1S/C13H14N2OS2/c1-2-8-14-12(16)7-9-17-13-15-10-5-3-4-6-11(10)18-13/h2-6H,1,7-9H2,(H,14,16). The lowest BCUT2D eigenvalue weighted by molar-refractivity contribution is -0.120. The van der Waals surface area contributed by atoms with Gasteiger partial charge in [-0.1, -0.05) is 30.0 Å². The number of nitrogens with one attached hydrogen (secondary N) is 1. The van der Waals surface area contributed by atoms with Crippen LogP contribution in [0.2, 0.25) is 0 Å². The Bertz CT molecular complexity index is 518. The summed E-state index contributed by atoms with van der Waals surface area (Å²) in [6.07, 6.45) is 2.19. The predicted molar refractivity (Wildman–Crippen MR) is 78.2 cm³/mol. The van der Waals surface area contributed by atoms with Gasteiger partial charge in [-0.3, -0.25) is 4.79 Å². The van der Waals surface area contributed by atoms with Crippen molar-refractivity contribution in [3.8, 4) is 0 Å². The minimum absolute atomic E-state index is 0.0588. The van der Waals surface area contributed by atoms with Gasteiger partial charge in [0.15, 0.2) is 4.34 Å². The van der Waals surface area contributed by atoms with Crippen molar-refractivity contribution in [2.75, 3.05) is 12.3 Å². The number of fused-ring (bicyclic) bond motifs is 1. The summed E-state index contributed by atoms with van der Waals surface area (Å²) in [4.78, 5) is 15.9. The van der Waals surface area contributed by atoms with Crippen LogP contribution in [0.1, 0.15) is 6.42 Å². The van der Waals surface area contributed by atoms with Gasteiger partial charge in [-0.2, -0.15) is 0 Å². The van der Waals surface area contributed by atoms with Crippen molar-refractivity contribution in [2.45, 2.75) is 10.8 Å². The molecule has 1 heterocycles. The number of carbonyl (C=O) groups excluding carboxylic acids is 1. The van der Waals surface area contributed by atoms with E-state index in [2.05, 4.69) is 22.9 Å². The van der Waals surface area contributed by atoms with Crippen LogP contribution in [0.15, 0.2) is 41.3 Å². The zero-order chi connectivity index (χ0) is 12.8. The average Bonchev–Trinajstić information content (AvgIpc) is 2.79. The minimum Gasteiger partial charge on any atom is -0.353 e. The van der Waals surface area contributed by atoms with Crippen LogP contribution in [0.5, 0.6) is 0 Å². The Kier molecular flexibility index (Phi) is 4.78. The van der Waals surface area contributed by atoms with E-state index in [1.807, 2.05) is 18.2 Å². The third-order valence-corrected chi connectivity index (χ3v) is 4.45. The van der Waals surface area contributed by atoms with Gasteiger partial charge in [-0.25, -0.2) is 4.98 Å². The monoisotopic (exact) mass is 278 g/mol.